The zero-order chi connectivity index (χ0) is 49.0. The minimum absolute atomic E-state index is 0.0176. The van der Waals surface area contributed by atoms with Gasteiger partial charge in [0.25, 0.3) is 6.71 Å². The third kappa shape index (κ3) is 6.02. The van der Waals surface area contributed by atoms with E-state index < -0.39 is 0 Å². The summed E-state index contributed by atoms with van der Waals surface area (Å²) in [5, 5.41) is 1.19. The molecule has 0 radical (unpaired) electrons. The molecule has 356 valence electrons. The molecule has 0 saturated heterocycles. The lowest BCUT2D eigenvalue weighted by molar-refractivity contribution is 0.223. The first-order chi connectivity index (χ1) is 33.0. The topological polar surface area (TPSA) is 28.9 Å². The van der Waals surface area contributed by atoms with Gasteiger partial charge in [0, 0.05) is 39.3 Å². The van der Waals surface area contributed by atoms with Crippen LogP contribution < -0.4 is 31.1 Å². The Hall–Kier alpha value is -5.68. The van der Waals surface area contributed by atoms with Crippen LogP contribution in [0.2, 0.25) is 0 Å². The number of benzene rings is 6. The maximum absolute atomic E-state index is 7.75. The Kier molecular flexibility index (Phi) is 8.89. The highest BCUT2D eigenvalue weighted by Crippen LogP contribution is 2.57. The van der Waals surface area contributed by atoms with Gasteiger partial charge in [0.15, 0.2) is 0 Å². The summed E-state index contributed by atoms with van der Waals surface area (Å²) in [6.07, 6.45) is 6.90. The summed E-state index contributed by atoms with van der Waals surface area (Å²) < 4.78 is 14.6. The van der Waals surface area contributed by atoms with Crippen LogP contribution in [-0.4, -0.2) is 6.71 Å². The van der Waals surface area contributed by atoms with Gasteiger partial charge in [-0.1, -0.05) is 126 Å². The Morgan fingerprint density at radius 1 is 0.514 bits per heavy atom. The van der Waals surface area contributed by atoms with Gasteiger partial charge in [-0.2, -0.15) is 0 Å². The van der Waals surface area contributed by atoms with Crippen molar-refractivity contribution in [2.75, 3.05) is 9.80 Å². The highest BCUT2D eigenvalue weighted by Gasteiger charge is 2.51. The van der Waals surface area contributed by atoms with Crippen LogP contribution in [-0.2, 0) is 32.5 Å². The average Bonchev–Trinajstić information content (AvgIpc) is 3.68. The molecule has 3 aliphatic heterocycles. The number of furan rings is 1. The van der Waals surface area contributed by atoms with Crippen molar-refractivity contribution in [2.45, 2.75) is 174 Å². The van der Waals surface area contributed by atoms with Gasteiger partial charge in [-0.25, -0.2) is 0 Å². The molecule has 13 rings (SSSR count). The standard InChI is InChI=1S/C65H71BN2O2/c1-37-30-52-57-53(31-37)68(50-20-17-21-54-56(50)41-19-16-15-18-40(41)38(2)69-54)58-42-33-45-48(65(13,14)29-26-62(45,7)8)36-55(42)70-59(58)66(57)49-34-46-47(64(11,12)28-27-63(46,9)10)35-51(49)67(52)39-22-23-43-44(32-39)61(5,6)25-24-60(43,3)4/h15-23,30-36,38H,24-29H2,1-14H3/t38-/m0/s1. The van der Waals surface area contributed by atoms with Gasteiger partial charge >= 0.3 is 0 Å². The lowest BCUT2D eigenvalue weighted by Crippen LogP contribution is -2.61. The molecule has 0 spiro atoms. The van der Waals surface area contributed by atoms with E-state index in [1.807, 2.05) is 0 Å². The fraction of sp³-hybridized carbons (Fsp3) is 0.415. The van der Waals surface area contributed by atoms with Crippen molar-refractivity contribution in [1.29, 1.82) is 0 Å². The second-order valence-corrected chi connectivity index (χ2v) is 26.5. The number of rotatable bonds is 2. The van der Waals surface area contributed by atoms with E-state index in [0.717, 1.165) is 59.6 Å². The Morgan fingerprint density at radius 3 is 1.73 bits per heavy atom. The summed E-state index contributed by atoms with van der Waals surface area (Å²) in [4.78, 5) is 5.28. The van der Waals surface area contributed by atoms with Crippen LogP contribution in [0.5, 0.6) is 5.75 Å². The van der Waals surface area contributed by atoms with Gasteiger partial charge in [-0.05, 0) is 195 Å². The van der Waals surface area contributed by atoms with Gasteiger partial charge in [0.2, 0.25) is 0 Å². The molecule has 4 nitrogen and oxygen atoms in total. The third-order valence-corrected chi connectivity index (χ3v) is 19.1. The van der Waals surface area contributed by atoms with E-state index in [4.69, 9.17) is 9.15 Å². The van der Waals surface area contributed by atoms with Gasteiger partial charge in [-0.15, -0.1) is 0 Å². The fourth-order valence-electron chi connectivity index (χ4n) is 14.4. The van der Waals surface area contributed by atoms with Crippen LogP contribution in [0.25, 0.3) is 22.1 Å². The summed E-state index contributed by atoms with van der Waals surface area (Å²) in [6, 6.07) is 38.3. The van der Waals surface area contributed by atoms with Crippen LogP contribution in [0.15, 0.2) is 101 Å². The first-order valence-corrected chi connectivity index (χ1v) is 26.6. The zero-order valence-electron chi connectivity index (χ0n) is 44.3. The van der Waals surface area contributed by atoms with Crippen LogP contribution in [0.3, 0.4) is 0 Å². The molecule has 6 aliphatic rings. The van der Waals surface area contributed by atoms with Crippen molar-refractivity contribution < 1.29 is 9.15 Å². The van der Waals surface area contributed by atoms with E-state index >= 15 is 0 Å². The second kappa shape index (κ2) is 14.0. The Balaban J connectivity index is 1.18. The lowest BCUT2D eigenvalue weighted by atomic mass is 9.35. The molecule has 1 atom stereocenters. The highest BCUT2D eigenvalue weighted by atomic mass is 16.5. The quantitative estimate of drug-likeness (QED) is 0.162. The first-order valence-electron chi connectivity index (χ1n) is 26.6. The zero-order valence-corrected chi connectivity index (χ0v) is 44.3. The summed E-state index contributed by atoms with van der Waals surface area (Å²) in [5.74, 6) is 0.921. The number of aryl methyl sites for hydroxylation is 1. The normalized spacial score (nSPS) is 21.8. The molecule has 70 heavy (non-hydrogen) atoms. The maximum Gasteiger partial charge on any atom is 0.297 e. The molecule has 0 saturated carbocycles. The molecule has 0 unspecified atom stereocenters. The maximum atomic E-state index is 7.75. The van der Waals surface area contributed by atoms with Gasteiger partial charge in [-0.3, -0.25) is 0 Å². The largest absolute Gasteiger partial charge is 0.485 e. The molecular formula is C65H71BN2O2. The number of ether oxygens (including phenoxy) is 1. The minimum Gasteiger partial charge on any atom is -0.485 e. The van der Waals surface area contributed by atoms with Crippen LogP contribution >= 0.6 is 0 Å². The summed E-state index contributed by atoms with van der Waals surface area (Å²) >= 11 is 0. The molecule has 0 amide bonds. The van der Waals surface area contributed by atoms with E-state index in [9.17, 15) is 0 Å². The van der Waals surface area contributed by atoms with Crippen LogP contribution in [0.4, 0.5) is 34.1 Å². The monoisotopic (exact) mass is 923 g/mol. The van der Waals surface area contributed by atoms with E-state index in [2.05, 4.69) is 204 Å². The van der Waals surface area contributed by atoms with Crippen molar-refractivity contribution in [2.24, 2.45) is 0 Å². The minimum atomic E-state index is -0.143. The lowest BCUT2D eigenvalue weighted by Gasteiger charge is -2.47. The van der Waals surface area contributed by atoms with Gasteiger partial charge in [0.05, 0.1) is 17.0 Å². The Bertz CT molecular complexity index is 3430. The number of hydrogen-bond donors (Lipinski definition) is 0. The molecular weight excluding hydrogens is 852 g/mol. The average molecular weight is 923 g/mol. The van der Waals surface area contributed by atoms with Crippen LogP contribution in [0.1, 0.15) is 179 Å². The third-order valence-electron chi connectivity index (χ3n) is 19.1. The Labute approximate surface area is 417 Å². The Morgan fingerprint density at radius 2 is 1.07 bits per heavy atom. The molecule has 6 aromatic carbocycles. The van der Waals surface area contributed by atoms with E-state index in [-0.39, 0.29) is 45.3 Å². The predicted octanol–water partition coefficient (Wildman–Crippen LogP) is 16.0. The predicted molar refractivity (Wildman–Crippen MR) is 295 cm³/mol. The van der Waals surface area contributed by atoms with Crippen molar-refractivity contribution in [3.8, 4) is 16.9 Å². The molecule has 0 fully saturated rings. The fourth-order valence-corrected chi connectivity index (χ4v) is 14.4. The van der Waals surface area contributed by atoms with E-state index in [1.165, 1.54) is 102 Å². The highest BCUT2D eigenvalue weighted by molar-refractivity contribution is 7.00. The SMILES string of the molecule is Cc1cc2c3c(c1)N(c1cccc4c1-c1ccccc1[C@H](C)O4)c1c(oc4cc5c(cc14)C(C)(C)CCC5(C)C)B3c1cc3c(cc1N2c1ccc2c(c1)C(C)(C)CCC2(C)C)C(C)(C)CCC3(C)C. The van der Waals surface area contributed by atoms with E-state index in [1.54, 1.807) is 0 Å². The molecule has 0 N–H and O–H groups in total. The van der Waals surface area contributed by atoms with Gasteiger partial charge in [0.1, 0.15) is 17.4 Å². The molecule has 1 aromatic heterocycles. The molecule has 5 heteroatoms. The van der Waals surface area contributed by atoms with Crippen molar-refractivity contribution in [1.82, 2.24) is 0 Å². The molecule has 4 heterocycles. The number of anilines is 6. The summed E-state index contributed by atoms with van der Waals surface area (Å²) in [6.45, 7) is 33.8. The van der Waals surface area contributed by atoms with E-state index in [0.29, 0.717) is 0 Å². The smallest absolute Gasteiger partial charge is 0.297 e. The number of hydrogen-bond acceptors (Lipinski definition) is 4. The summed E-state index contributed by atoms with van der Waals surface area (Å²) in [7, 11) is 0. The molecule has 0 bridgehead atoms. The number of fused-ring (bicyclic) bond motifs is 12. The second-order valence-electron chi connectivity index (χ2n) is 26.5. The van der Waals surface area contributed by atoms with Crippen molar-refractivity contribution in [3.63, 3.8) is 0 Å². The molecule has 7 aromatic rings. The number of nitrogens with zero attached hydrogens (tertiary/aromatic N) is 2. The van der Waals surface area contributed by atoms with Crippen molar-refractivity contribution >= 4 is 68.4 Å². The van der Waals surface area contributed by atoms with Gasteiger partial charge < -0.3 is 19.0 Å². The summed E-state index contributed by atoms with van der Waals surface area (Å²) in [5.41, 5.74) is 25.7. The first kappa shape index (κ1) is 44.3. The van der Waals surface area contributed by atoms with Crippen LogP contribution in [0, 0.1) is 6.92 Å². The molecule has 3 aliphatic carbocycles. The van der Waals surface area contributed by atoms with Crippen molar-refractivity contribution in [3.05, 3.63) is 142 Å².